The number of para-hydroxylation sites is 2. The third-order valence-corrected chi connectivity index (χ3v) is 5.48. The van der Waals surface area contributed by atoms with Gasteiger partial charge in [-0.15, -0.1) is 0 Å². The fourth-order valence-electron chi connectivity index (χ4n) is 4.03. The first-order valence-corrected chi connectivity index (χ1v) is 10.7. The summed E-state index contributed by atoms with van der Waals surface area (Å²) in [6, 6.07) is 4.42. The van der Waals surface area contributed by atoms with Gasteiger partial charge in [-0.2, -0.15) is 0 Å². The van der Waals surface area contributed by atoms with Crippen LogP contribution >= 0.6 is 0 Å². The lowest BCUT2D eigenvalue weighted by molar-refractivity contribution is 0.558. The maximum absolute atomic E-state index is 9.03. The standard InChI is InChI=1S/C30H32N2/c1-29(2,3)27-18-21-12-7-9-16-25(21)31(27)23-14-11-15-24(20-23)32-26-17-10-8-13-22(26)19-28(32)30(4,5)6/h7-20H,1-6H3/i7D,8D,9D,10D,12D,13D,16D,17D,18D,19D. The van der Waals surface area contributed by atoms with Crippen LogP contribution < -0.4 is 0 Å². The Balaban J connectivity index is 1.97. The summed E-state index contributed by atoms with van der Waals surface area (Å²) in [5, 5.41) is 0.251. The molecule has 3 aromatic carbocycles. The molecule has 5 aromatic rings. The molecule has 162 valence electrons. The molecule has 0 amide bonds. The second-order valence-corrected chi connectivity index (χ2v) is 10.1. The summed E-state index contributed by atoms with van der Waals surface area (Å²) in [7, 11) is 0. The van der Waals surface area contributed by atoms with Gasteiger partial charge in [-0.1, -0.05) is 83.9 Å². The molecule has 0 bridgehead atoms. The van der Waals surface area contributed by atoms with Gasteiger partial charge in [-0.25, -0.2) is 0 Å². The van der Waals surface area contributed by atoms with Crippen LogP contribution in [0.5, 0.6) is 0 Å². The summed E-state index contributed by atoms with van der Waals surface area (Å²) in [6.45, 7) is 11.5. The number of hydrogen-bond donors (Lipinski definition) is 0. The van der Waals surface area contributed by atoms with Crippen molar-refractivity contribution in [2.45, 2.75) is 52.4 Å². The van der Waals surface area contributed by atoms with Crippen LogP contribution in [0.15, 0.2) is 84.7 Å². The highest BCUT2D eigenvalue weighted by Gasteiger charge is 2.24. The molecule has 0 fully saturated rings. The molecular weight excluding hydrogens is 388 g/mol. The van der Waals surface area contributed by atoms with E-state index in [-0.39, 0.29) is 58.1 Å². The molecule has 0 saturated carbocycles. The van der Waals surface area contributed by atoms with Crippen molar-refractivity contribution < 1.29 is 13.7 Å². The van der Waals surface area contributed by atoms with Crippen molar-refractivity contribution in [1.82, 2.24) is 9.13 Å². The summed E-state index contributed by atoms with van der Waals surface area (Å²) in [6.07, 6.45) is 0. The predicted octanol–water partition coefficient (Wildman–Crippen LogP) is 8.17. The fraction of sp³-hybridized carbons (Fsp3) is 0.267. The van der Waals surface area contributed by atoms with Crippen molar-refractivity contribution in [2.75, 3.05) is 0 Å². The first-order chi connectivity index (χ1) is 19.3. The minimum Gasteiger partial charge on any atom is -0.313 e. The van der Waals surface area contributed by atoms with Crippen molar-refractivity contribution in [3.63, 3.8) is 0 Å². The third-order valence-electron chi connectivity index (χ3n) is 5.48. The van der Waals surface area contributed by atoms with E-state index >= 15 is 0 Å². The summed E-state index contributed by atoms with van der Waals surface area (Å²) >= 11 is 0. The van der Waals surface area contributed by atoms with E-state index in [4.69, 9.17) is 13.7 Å². The minimum absolute atomic E-state index is 0.0132. The van der Waals surface area contributed by atoms with Crippen LogP contribution in [0.1, 0.15) is 66.6 Å². The molecule has 0 unspecified atom stereocenters. The molecule has 0 aliphatic carbocycles. The molecular formula is C30H32N2. The fourth-order valence-corrected chi connectivity index (χ4v) is 4.03. The molecule has 2 aromatic heterocycles. The Morgan fingerprint density at radius 3 is 1.44 bits per heavy atom. The molecule has 32 heavy (non-hydrogen) atoms. The second-order valence-electron chi connectivity index (χ2n) is 10.1. The van der Waals surface area contributed by atoms with Crippen molar-refractivity contribution in [3.8, 4) is 11.4 Å². The smallest absolute Gasteiger partial charge is 0.0649 e. The molecule has 0 N–H and O–H groups in total. The normalized spacial score (nSPS) is 17.1. The minimum atomic E-state index is -0.625. The van der Waals surface area contributed by atoms with E-state index in [1.54, 1.807) is 33.4 Å². The van der Waals surface area contributed by atoms with E-state index in [1.807, 2.05) is 41.5 Å². The van der Waals surface area contributed by atoms with Gasteiger partial charge in [0.15, 0.2) is 0 Å². The summed E-state index contributed by atoms with van der Waals surface area (Å²) < 4.78 is 89.2. The van der Waals surface area contributed by atoms with Gasteiger partial charge in [0.05, 0.1) is 24.7 Å². The van der Waals surface area contributed by atoms with Crippen LogP contribution in [0.25, 0.3) is 33.2 Å². The maximum atomic E-state index is 9.03. The molecule has 0 aliphatic rings. The molecule has 2 nitrogen and oxygen atoms in total. The van der Waals surface area contributed by atoms with Gasteiger partial charge >= 0.3 is 0 Å². The highest BCUT2D eigenvalue weighted by molar-refractivity contribution is 5.85. The topological polar surface area (TPSA) is 9.86 Å². The lowest BCUT2D eigenvalue weighted by Gasteiger charge is -2.24. The van der Waals surface area contributed by atoms with E-state index in [0.717, 1.165) is 0 Å². The van der Waals surface area contributed by atoms with Gasteiger partial charge in [-0.05, 0) is 42.4 Å². The Morgan fingerprint density at radius 2 is 1.03 bits per heavy atom. The Hall–Kier alpha value is -3.26. The number of rotatable bonds is 2. The van der Waals surface area contributed by atoms with Crippen LogP contribution in [-0.2, 0) is 10.8 Å². The molecule has 0 spiro atoms. The van der Waals surface area contributed by atoms with Crippen molar-refractivity contribution in [2.24, 2.45) is 0 Å². The van der Waals surface area contributed by atoms with Crippen LogP contribution in [0.3, 0.4) is 0 Å². The Kier molecular flexibility index (Phi) is 2.70. The molecule has 0 saturated heterocycles. The van der Waals surface area contributed by atoms with Crippen LogP contribution in [0.2, 0.25) is 0 Å². The quantitative estimate of drug-likeness (QED) is 0.267. The zero-order chi connectivity index (χ0) is 31.4. The van der Waals surface area contributed by atoms with Gasteiger partial charge in [-0.3, -0.25) is 0 Å². The molecule has 2 heterocycles. The van der Waals surface area contributed by atoms with E-state index in [9.17, 15) is 0 Å². The SMILES string of the molecule is [2H]c1c([2H])c([2H])c2c(c1[2H])c([2H])c(C(C)(C)C)n2-c1cccc(-n2c(C(C)(C)C)c([2H])c3c([2H])c([2H])c([2H])c([2H])c32)c1. The van der Waals surface area contributed by atoms with E-state index in [1.165, 1.54) is 0 Å². The molecule has 0 aliphatic heterocycles. The highest BCUT2D eigenvalue weighted by Crippen LogP contribution is 2.35. The number of benzene rings is 3. The van der Waals surface area contributed by atoms with E-state index in [2.05, 4.69) is 0 Å². The molecule has 2 heteroatoms. The Labute approximate surface area is 205 Å². The number of nitrogens with zero attached hydrogens (tertiary/aromatic N) is 2. The Bertz CT molecular complexity index is 1820. The largest absolute Gasteiger partial charge is 0.313 e. The third kappa shape index (κ3) is 3.35. The molecule has 5 rings (SSSR count). The second kappa shape index (κ2) is 7.13. The van der Waals surface area contributed by atoms with E-state index in [0.29, 0.717) is 22.8 Å². The van der Waals surface area contributed by atoms with Gasteiger partial charge in [0.1, 0.15) is 0 Å². The van der Waals surface area contributed by atoms with Crippen LogP contribution in [-0.4, -0.2) is 9.13 Å². The predicted molar refractivity (Wildman–Crippen MR) is 138 cm³/mol. The average Bonchev–Trinajstić information content (AvgIpc) is 3.40. The van der Waals surface area contributed by atoms with Gasteiger partial charge in [0.25, 0.3) is 0 Å². The van der Waals surface area contributed by atoms with Gasteiger partial charge in [0, 0.05) is 44.4 Å². The van der Waals surface area contributed by atoms with Gasteiger partial charge in [0.2, 0.25) is 0 Å². The molecule has 0 atom stereocenters. The lowest BCUT2D eigenvalue weighted by Crippen LogP contribution is -2.18. The van der Waals surface area contributed by atoms with Crippen molar-refractivity contribution in [1.29, 1.82) is 0 Å². The summed E-state index contributed by atoms with van der Waals surface area (Å²) in [4.78, 5) is 0. The first-order valence-electron chi connectivity index (χ1n) is 15.7. The lowest BCUT2D eigenvalue weighted by atomic mass is 9.91. The number of fused-ring (bicyclic) bond motifs is 2. The monoisotopic (exact) mass is 430 g/mol. The maximum Gasteiger partial charge on any atom is 0.0649 e. The zero-order valence-corrected chi connectivity index (χ0v) is 19.2. The molecule has 0 radical (unpaired) electrons. The highest BCUT2D eigenvalue weighted by atomic mass is 15.0. The van der Waals surface area contributed by atoms with Gasteiger partial charge < -0.3 is 9.13 Å². The van der Waals surface area contributed by atoms with Crippen molar-refractivity contribution >= 4 is 21.8 Å². The Morgan fingerprint density at radius 1 is 0.625 bits per heavy atom. The summed E-state index contributed by atoms with van der Waals surface area (Å²) in [5.74, 6) is 0. The van der Waals surface area contributed by atoms with Crippen LogP contribution in [0.4, 0.5) is 0 Å². The zero-order valence-electron chi connectivity index (χ0n) is 29.2. The van der Waals surface area contributed by atoms with Crippen LogP contribution in [0, 0.1) is 0 Å². The first kappa shape index (κ1) is 12.1. The average molecular weight is 431 g/mol. The van der Waals surface area contributed by atoms with E-state index < -0.39 is 35.0 Å². The summed E-state index contributed by atoms with van der Waals surface area (Å²) in [5.41, 5.74) is 1.14. The number of aromatic nitrogens is 2. The number of hydrogen-bond acceptors (Lipinski definition) is 0. The van der Waals surface area contributed by atoms with Crippen molar-refractivity contribution in [3.05, 3.63) is 96.1 Å².